The fourth-order valence-corrected chi connectivity index (χ4v) is 4.58. The molecule has 5 nitrogen and oxygen atoms in total. The number of nitrogens with one attached hydrogen (secondary N) is 1. The summed E-state index contributed by atoms with van der Waals surface area (Å²) in [5.74, 6) is 5.28. The van der Waals surface area contributed by atoms with Crippen LogP contribution in [0.1, 0.15) is 6.42 Å². The van der Waals surface area contributed by atoms with Gasteiger partial charge in [0.25, 0.3) is 0 Å². The van der Waals surface area contributed by atoms with Gasteiger partial charge in [0, 0.05) is 5.25 Å². The van der Waals surface area contributed by atoms with Crippen LogP contribution in [0.5, 0.6) is 0 Å². The van der Waals surface area contributed by atoms with Crippen molar-refractivity contribution in [1.29, 1.82) is 0 Å². The third kappa shape index (κ3) is 3.53. The fraction of sp³-hybridized carbons (Fsp3) is 0.833. The Morgan fingerprint density at radius 2 is 2.31 bits per heavy atom. The molecule has 0 aromatic carbocycles. The van der Waals surface area contributed by atoms with Crippen LogP contribution < -0.4 is 11.3 Å². The van der Waals surface area contributed by atoms with E-state index in [0.717, 1.165) is 0 Å². The van der Waals surface area contributed by atoms with E-state index in [1.54, 1.807) is 0 Å². The zero-order valence-electron chi connectivity index (χ0n) is 7.02. The van der Waals surface area contributed by atoms with Gasteiger partial charge in [0.1, 0.15) is 0 Å². The summed E-state index contributed by atoms with van der Waals surface area (Å²) in [7, 11) is -2.83. The monoisotopic (exact) mass is 224 g/mol. The third-order valence-electron chi connectivity index (χ3n) is 1.80. The highest BCUT2D eigenvalue weighted by molar-refractivity contribution is 8.02. The Kier molecular flexibility index (Phi) is 3.57. The van der Waals surface area contributed by atoms with Gasteiger partial charge in [-0.25, -0.2) is 14.3 Å². The molecule has 1 aliphatic heterocycles. The first-order valence-corrected chi connectivity index (χ1v) is 6.72. The summed E-state index contributed by atoms with van der Waals surface area (Å²) in [5.41, 5.74) is 2.00. The Morgan fingerprint density at radius 3 is 2.77 bits per heavy atom. The molecule has 0 aromatic heterocycles. The molecule has 1 rings (SSSR count). The molecule has 7 heteroatoms. The normalized spacial score (nSPS) is 25.8. The van der Waals surface area contributed by atoms with Crippen molar-refractivity contribution in [3.8, 4) is 0 Å². The highest BCUT2D eigenvalue weighted by atomic mass is 32.2. The minimum absolute atomic E-state index is 0.0577. The number of hydrogen-bond acceptors (Lipinski definition) is 5. The topological polar surface area (TPSA) is 89.3 Å². The Balaban J connectivity index is 2.29. The second-order valence-corrected chi connectivity index (χ2v) is 6.42. The second-order valence-electron chi connectivity index (χ2n) is 2.90. The lowest BCUT2D eigenvalue weighted by atomic mass is 10.4. The Bertz CT molecular complexity index is 288. The second kappa shape index (κ2) is 4.30. The third-order valence-corrected chi connectivity index (χ3v) is 5.08. The molecule has 1 amide bonds. The summed E-state index contributed by atoms with van der Waals surface area (Å²) >= 11 is 1.35. The van der Waals surface area contributed by atoms with Crippen molar-refractivity contribution in [1.82, 2.24) is 5.43 Å². The van der Waals surface area contributed by atoms with Crippen molar-refractivity contribution in [2.45, 2.75) is 11.7 Å². The minimum atomic E-state index is -2.83. The number of thioether (sulfide) groups is 1. The first-order chi connectivity index (χ1) is 6.03. The van der Waals surface area contributed by atoms with Crippen LogP contribution in [-0.2, 0) is 14.6 Å². The van der Waals surface area contributed by atoms with Gasteiger partial charge in [-0.15, -0.1) is 11.8 Å². The zero-order chi connectivity index (χ0) is 9.90. The molecule has 0 spiro atoms. The van der Waals surface area contributed by atoms with Crippen molar-refractivity contribution < 1.29 is 13.2 Å². The highest BCUT2D eigenvalue weighted by Gasteiger charge is 2.28. The van der Waals surface area contributed by atoms with Crippen molar-refractivity contribution in [3.05, 3.63) is 0 Å². The lowest BCUT2D eigenvalue weighted by Gasteiger charge is -2.05. The van der Waals surface area contributed by atoms with Gasteiger partial charge in [-0.05, 0) is 6.42 Å². The van der Waals surface area contributed by atoms with Crippen LogP contribution in [0.2, 0.25) is 0 Å². The number of carbonyl (C=O) groups is 1. The van der Waals surface area contributed by atoms with E-state index in [0.29, 0.717) is 6.42 Å². The number of hydrazine groups is 1. The molecule has 1 atom stereocenters. The molecular formula is C6H12N2O3S2. The van der Waals surface area contributed by atoms with E-state index in [-0.39, 0.29) is 28.4 Å². The van der Waals surface area contributed by atoms with E-state index >= 15 is 0 Å². The summed E-state index contributed by atoms with van der Waals surface area (Å²) < 4.78 is 22.0. The average Bonchev–Trinajstić information content (AvgIpc) is 2.41. The van der Waals surface area contributed by atoms with E-state index in [9.17, 15) is 13.2 Å². The molecular weight excluding hydrogens is 212 g/mol. The molecule has 13 heavy (non-hydrogen) atoms. The molecule has 76 valence electrons. The zero-order valence-corrected chi connectivity index (χ0v) is 8.66. The first kappa shape index (κ1) is 10.8. The van der Waals surface area contributed by atoms with Crippen LogP contribution in [0.25, 0.3) is 0 Å². The molecule has 0 bridgehead atoms. The molecule has 1 aliphatic rings. The Hall–Kier alpha value is -0.270. The first-order valence-electron chi connectivity index (χ1n) is 3.85. The molecule has 3 N–H and O–H groups in total. The van der Waals surface area contributed by atoms with Crippen LogP contribution in [0.15, 0.2) is 0 Å². The molecule has 1 saturated heterocycles. The standard InChI is InChI=1S/C6H12N2O3S2/c7-8-6(9)3-12-5-1-2-13(10,11)4-5/h5H,1-4,7H2,(H,8,9). The summed E-state index contributed by atoms with van der Waals surface area (Å²) in [6, 6.07) is 0. The van der Waals surface area contributed by atoms with E-state index in [4.69, 9.17) is 5.84 Å². The summed E-state index contributed by atoms with van der Waals surface area (Å²) in [4.78, 5) is 10.7. The van der Waals surface area contributed by atoms with Crippen LogP contribution in [0, 0.1) is 0 Å². The molecule has 1 heterocycles. The molecule has 0 saturated carbocycles. The molecule has 0 aromatic rings. The SMILES string of the molecule is NNC(=O)CSC1CCS(=O)(=O)C1. The largest absolute Gasteiger partial charge is 0.294 e. The van der Waals surface area contributed by atoms with Crippen LogP contribution in [0.3, 0.4) is 0 Å². The van der Waals surface area contributed by atoms with E-state index < -0.39 is 9.84 Å². The predicted molar refractivity (Wildman–Crippen MR) is 51.8 cm³/mol. The summed E-state index contributed by atoms with van der Waals surface area (Å²) in [5, 5.41) is 0.0577. The van der Waals surface area contributed by atoms with Gasteiger partial charge in [0.15, 0.2) is 9.84 Å². The quantitative estimate of drug-likeness (QED) is 0.361. The molecule has 1 fully saturated rings. The number of carbonyl (C=O) groups excluding carboxylic acids is 1. The maximum atomic E-state index is 11.0. The van der Waals surface area contributed by atoms with E-state index in [1.807, 2.05) is 5.43 Å². The Labute approximate surface area is 81.3 Å². The van der Waals surface area contributed by atoms with E-state index in [1.165, 1.54) is 11.8 Å². The van der Waals surface area contributed by atoms with Gasteiger partial charge >= 0.3 is 0 Å². The number of rotatable bonds is 3. The maximum absolute atomic E-state index is 11.0. The van der Waals surface area contributed by atoms with Gasteiger partial charge in [0.05, 0.1) is 17.3 Å². The maximum Gasteiger partial charge on any atom is 0.243 e. The van der Waals surface area contributed by atoms with Crippen molar-refractivity contribution >= 4 is 27.5 Å². The Morgan fingerprint density at radius 1 is 1.62 bits per heavy atom. The number of nitrogens with two attached hydrogens (primary N) is 1. The smallest absolute Gasteiger partial charge is 0.243 e. The van der Waals surface area contributed by atoms with Gasteiger partial charge in [-0.2, -0.15) is 0 Å². The van der Waals surface area contributed by atoms with Crippen molar-refractivity contribution in [2.75, 3.05) is 17.3 Å². The van der Waals surface area contributed by atoms with Crippen molar-refractivity contribution in [2.24, 2.45) is 5.84 Å². The molecule has 1 unspecified atom stereocenters. The summed E-state index contributed by atoms with van der Waals surface area (Å²) in [6.07, 6.45) is 0.644. The molecule has 0 aliphatic carbocycles. The number of sulfone groups is 1. The molecule has 0 radical (unpaired) electrons. The van der Waals surface area contributed by atoms with Crippen LogP contribution in [-0.4, -0.2) is 36.8 Å². The number of hydrogen-bond donors (Lipinski definition) is 2. The highest BCUT2D eigenvalue weighted by Crippen LogP contribution is 2.23. The lowest BCUT2D eigenvalue weighted by Crippen LogP contribution is -2.32. The van der Waals surface area contributed by atoms with Gasteiger partial charge in [-0.1, -0.05) is 0 Å². The fourth-order valence-electron chi connectivity index (χ4n) is 1.13. The van der Waals surface area contributed by atoms with Crippen molar-refractivity contribution in [3.63, 3.8) is 0 Å². The van der Waals surface area contributed by atoms with E-state index in [2.05, 4.69) is 0 Å². The van der Waals surface area contributed by atoms with Crippen LogP contribution >= 0.6 is 11.8 Å². The average molecular weight is 224 g/mol. The number of amides is 1. The predicted octanol–water partition coefficient (Wildman–Crippen LogP) is -1.10. The van der Waals surface area contributed by atoms with Gasteiger partial charge in [0.2, 0.25) is 5.91 Å². The van der Waals surface area contributed by atoms with Gasteiger partial charge in [-0.3, -0.25) is 10.2 Å². The lowest BCUT2D eigenvalue weighted by molar-refractivity contribution is -0.118. The van der Waals surface area contributed by atoms with Gasteiger partial charge < -0.3 is 0 Å². The minimum Gasteiger partial charge on any atom is -0.294 e. The van der Waals surface area contributed by atoms with Crippen LogP contribution in [0.4, 0.5) is 0 Å². The summed E-state index contributed by atoms with van der Waals surface area (Å²) in [6.45, 7) is 0.